The van der Waals surface area contributed by atoms with Gasteiger partial charge in [-0.05, 0) is 12.8 Å². The summed E-state index contributed by atoms with van der Waals surface area (Å²) in [6, 6.07) is 0. The van der Waals surface area contributed by atoms with Crippen LogP contribution in [0, 0.1) is 0 Å². The normalized spacial score (nSPS) is 22.0. The molecular formula is C9H15ClN2. The number of hydrazone groups is 1. The summed E-state index contributed by atoms with van der Waals surface area (Å²) in [5.41, 5.74) is 4.91. The van der Waals surface area contributed by atoms with Crippen molar-refractivity contribution >= 4 is 5.71 Å². The number of halogens is 1. The minimum Gasteiger partial charge on any atom is -1.00 e. The van der Waals surface area contributed by atoms with E-state index < -0.39 is 0 Å². The Bertz CT molecular complexity index is 209. The van der Waals surface area contributed by atoms with Crippen LogP contribution in [0.25, 0.3) is 0 Å². The Morgan fingerprint density at radius 3 is 3.17 bits per heavy atom. The van der Waals surface area contributed by atoms with Crippen molar-refractivity contribution in [2.45, 2.75) is 25.7 Å². The zero-order valence-electron chi connectivity index (χ0n) is 7.22. The molecule has 0 amide bonds. The first kappa shape index (κ1) is 9.59. The predicted octanol–water partition coefficient (Wildman–Crippen LogP) is -1.91. The third kappa shape index (κ3) is 2.01. The van der Waals surface area contributed by atoms with Crippen LogP contribution in [0.5, 0.6) is 0 Å². The summed E-state index contributed by atoms with van der Waals surface area (Å²) in [5.74, 6) is 0. The summed E-state index contributed by atoms with van der Waals surface area (Å²) < 4.78 is 2.31. The van der Waals surface area contributed by atoms with Crippen molar-refractivity contribution < 1.29 is 17.1 Å². The number of nitrogens with zero attached hydrogens (tertiary/aromatic N) is 1. The molecule has 0 radical (unpaired) electrons. The van der Waals surface area contributed by atoms with E-state index in [1.165, 1.54) is 31.4 Å². The van der Waals surface area contributed by atoms with Crippen LogP contribution in [-0.2, 0) is 0 Å². The molecule has 0 aliphatic carbocycles. The molecule has 0 aromatic rings. The fraction of sp³-hybridized carbons (Fsp3) is 0.667. The molecule has 1 N–H and O–H groups in total. The summed E-state index contributed by atoms with van der Waals surface area (Å²) in [5, 5.41) is 0. The molecule has 0 aromatic heterocycles. The highest BCUT2D eigenvalue weighted by Crippen LogP contribution is 2.06. The average Bonchev–Trinajstić information content (AvgIpc) is 2.28. The van der Waals surface area contributed by atoms with E-state index in [-0.39, 0.29) is 12.4 Å². The Morgan fingerprint density at radius 1 is 1.33 bits per heavy atom. The Labute approximate surface area is 79.7 Å². The van der Waals surface area contributed by atoms with Crippen molar-refractivity contribution in [2.75, 3.05) is 13.1 Å². The van der Waals surface area contributed by atoms with Gasteiger partial charge in [-0.2, -0.15) is 5.43 Å². The van der Waals surface area contributed by atoms with E-state index in [0.29, 0.717) is 0 Å². The molecule has 3 heteroatoms. The van der Waals surface area contributed by atoms with Gasteiger partial charge in [-0.25, -0.2) is 0 Å². The Balaban J connectivity index is 0.000000720. The van der Waals surface area contributed by atoms with E-state index in [9.17, 15) is 0 Å². The SMILES string of the molecule is C1=CC2=[N+](CC1)NCCCC2.[Cl-]. The maximum absolute atomic E-state index is 3.43. The fourth-order valence-electron chi connectivity index (χ4n) is 1.70. The van der Waals surface area contributed by atoms with Crippen molar-refractivity contribution in [1.82, 2.24) is 5.43 Å². The number of hydrazine groups is 1. The third-order valence-corrected chi connectivity index (χ3v) is 2.34. The van der Waals surface area contributed by atoms with Crippen LogP contribution < -0.4 is 17.8 Å². The van der Waals surface area contributed by atoms with Gasteiger partial charge < -0.3 is 12.4 Å². The zero-order chi connectivity index (χ0) is 7.52. The molecule has 0 fully saturated rings. The molecule has 12 heavy (non-hydrogen) atoms. The molecular weight excluding hydrogens is 172 g/mol. The Kier molecular flexibility index (Phi) is 3.60. The molecule has 0 saturated carbocycles. The quantitative estimate of drug-likeness (QED) is 0.437. The van der Waals surface area contributed by atoms with Gasteiger partial charge in [0.05, 0.1) is 6.54 Å². The van der Waals surface area contributed by atoms with Gasteiger partial charge in [0.15, 0.2) is 6.54 Å². The molecule has 0 atom stereocenters. The average molecular weight is 187 g/mol. The number of hydrogen-bond acceptors (Lipinski definition) is 1. The molecule has 68 valence electrons. The molecule has 0 bridgehead atoms. The lowest BCUT2D eigenvalue weighted by molar-refractivity contribution is -0.587. The maximum Gasteiger partial charge on any atom is 0.205 e. The van der Waals surface area contributed by atoms with E-state index in [4.69, 9.17) is 0 Å². The Morgan fingerprint density at radius 2 is 2.25 bits per heavy atom. The largest absolute Gasteiger partial charge is 1.00 e. The maximum atomic E-state index is 3.43. The fourth-order valence-corrected chi connectivity index (χ4v) is 1.70. The van der Waals surface area contributed by atoms with Gasteiger partial charge >= 0.3 is 0 Å². The number of allylic oxidation sites excluding steroid dienone is 1. The molecule has 0 spiro atoms. The van der Waals surface area contributed by atoms with Gasteiger partial charge in [0.2, 0.25) is 5.71 Å². The summed E-state index contributed by atoms with van der Waals surface area (Å²) in [6.07, 6.45) is 9.64. The number of nitrogens with one attached hydrogen (secondary N) is 1. The van der Waals surface area contributed by atoms with Crippen molar-refractivity contribution in [3.8, 4) is 0 Å². The second-order valence-corrected chi connectivity index (χ2v) is 3.20. The number of rotatable bonds is 0. The third-order valence-electron chi connectivity index (χ3n) is 2.34. The van der Waals surface area contributed by atoms with Gasteiger partial charge in [-0.3, -0.25) is 0 Å². The summed E-state index contributed by atoms with van der Waals surface area (Å²) in [4.78, 5) is 0. The van der Waals surface area contributed by atoms with Crippen LogP contribution in [0.15, 0.2) is 12.2 Å². The van der Waals surface area contributed by atoms with Gasteiger partial charge in [-0.1, -0.05) is 6.08 Å². The molecule has 2 aliphatic rings. The van der Waals surface area contributed by atoms with Gasteiger partial charge in [-0.15, -0.1) is 4.68 Å². The first-order chi connectivity index (χ1) is 5.47. The van der Waals surface area contributed by atoms with Crippen molar-refractivity contribution in [3.05, 3.63) is 12.2 Å². The van der Waals surface area contributed by atoms with Crippen LogP contribution >= 0.6 is 0 Å². The highest BCUT2D eigenvalue weighted by molar-refractivity contribution is 5.91. The van der Waals surface area contributed by atoms with Crippen LogP contribution in [0.3, 0.4) is 0 Å². The highest BCUT2D eigenvalue weighted by Gasteiger charge is 2.17. The molecule has 2 aliphatic heterocycles. The van der Waals surface area contributed by atoms with E-state index >= 15 is 0 Å². The minimum absolute atomic E-state index is 0. The lowest BCUT2D eigenvalue weighted by Gasteiger charge is -2.06. The zero-order valence-corrected chi connectivity index (χ0v) is 7.98. The Hall–Kier alpha value is -0.500. The molecule has 0 unspecified atom stereocenters. The second kappa shape index (κ2) is 4.51. The topological polar surface area (TPSA) is 15.0 Å². The van der Waals surface area contributed by atoms with Crippen LogP contribution in [-0.4, -0.2) is 23.5 Å². The van der Waals surface area contributed by atoms with Crippen molar-refractivity contribution in [1.29, 1.82) is 0 Å². The summed E-state index contributed by atoms with van der Waals surface area (Å²) in [6.45, 7) is 2.31. The second-order valence-electron chi connectivity index (χ2n) is 3.20. The smallest absolute Gasteiger partial charge is 0.205 e. The molecule has 2 rings (SSSR count). The lowest BCUT2D eigenvalue weighted by Crippen LogP contribution is -3.00. The first-order valence-electron chi connectivity index (χ1n) is 4.50. The minimum atomic E-state index is 0. The molecule has 2 heterocycles. The van der Waals surface area contributed by atoms with E-state index in [1.807, 2.05) is 0 Å². The molecule has 2 nitrogen and oxygen atoms in total. The monoisotopic (exact) mass is 186 g/mol. The van der Waals surface area contributed by atoms with E-state index in [2.05, 4.69) is 22.3 Å². The van der Waals surface area contributed by atoms with Crippen molar-refractivity contribution in [2.24, 2.45) is 0 Å². The number of hydrogen-bond donors (Lipinski definition) is 1. The summed E-state index contributed by atoms with van der Waals surface area (Å²) in [7, 11) is 0. The predicted molar refractivity (Wildman–Crippen MR) is 45.7 cm³/mol. The van der Waals surface area contributed by atoms with Crippen LogP contribution in [0.4, 0.5) is 0 Å². The van der Waals surface area contributed by atoms with E-state index in [1.54, 1.807) is 0 Å². The summed E-state index contributed by atoms with van der Waals surface area (Å²) >= 11 is 0. The van der Waals surface area contributed by atoms with Gasteiger partial charge in [0, 0.05) is 18.9 Å². The molecule has 0 saturated heterocycles. The van der Waals surface area contributed by atoms with Crippen LogP contribution in [0.1, 0.15) is 25.7 Å². The molecule has 0 aromatic carbocycles. The van der Waals surface area contributed by atoms with Gasteiger partial charge in [0.1, 0.15) is 0 Å². The highest BCUT2D eigenvalue weighted by atomic mass is 35.5. The standard InChI is InChI=1S/C9H15N2.ClH/c1-3-7-10-11-8-4-2-6-9(11)5-1;/h2,6,10H,1,3-5,7-8H2;1H/q+1;/p-1. The lowest BCUT2D eigenvalue weighted by atomic mass is 10.1. The first-order valence-corrected chi connectivity index (χ1v) is 4.50. The van der Waals surface area contributed by atoms with E-state index in [0.717, 1.165) is 13.1 Å². The van der Waals surface area contributed by atoms with Crippen molar-refractivity contribution in [3.63, 3.8) is 0 Å². The van der Waals surface area contributed by atoms with Gasteiger partial charge in [0.25, 0.3) is 0 Å². The van der Waals surface area contributed by atoms with Crippen LogP contribution in [0.2, 0.25) is 0 Å².